The highest BCUT2D eigenvalue weighted by Gasteiger charge is 2.05. The number of ketones is 1. The number of nitrogens with one attached hydrogen (secondary N) is 1. The maximum absolute atomic E-state index is 11.0. The van der Waals surface area contributed by atoms with E-state index in [1.165, 1.54) is 6.92 Å². The molecule has 0 atom stereocenters. The van der Waals surface area contributed by atoms with Crippen molar-refractivity contribution in [1.82, 2.24) is 9.97 Å². The molecule has 0 bridgehead atoms. The van der Waals surface area contributed by atoms with Crippen LogP contribution in [0.2, 0.25) is 0 Å². The summed E-state index contributed by atoms with van der Waals surface area (Å²) in [5.41, 5.74) is 1.34. The molecule has 1 N–H and O–H groups in total. The summed E-state index contributed by atoms with van der Waals surface area (Å²) in [7, 11) is 0. The van der Waals surface area contributed by atoms with Crippen LogP contribution in [-0.2, 0) is 0 Å². The Morgan fingerprint density at radius 3 is 3.00 bits per heavy atom. The Bertz CT molecular complexity index is 475. The van der Waals surface area contributed by atoms with Gasteiger partial charge in [0.1, 0.15) is 5.65 Å². The van der Waals surface area contributed by atoms with Crippen molar-refractivity contribution in [3.05, 3.63) is 28.5 Å². The van der Waals surface area contributed by atoms with Crippen molar-refractivity contribution in [2.75, 3.05) is 0 Å². The van der Waals surface area contributed by atoms with E-state index in [0.29, 0.717) is 5.69 Å². The number of rotatable bonds is 1. The minimum Gasteiger partial charge on any atom is -0.337 e. The van der Waals surface area contributed by atoms with E-state index < -0.39 is 0 Å². The number of H-pyrrole nitrogens is 1. The van der Waals surface area contributed by atoms with Crippen LogP contribution < -0.4 is 0 Å². The minimum atomic E-state index is 0.0223. The van der Waals surface area contributed by atoms with Crippen molar-refractivity contribution >= 4 is 32.7 Å². The van der Waals surface area contributed by atoms with Gasteiger partial charge in [-0.15, -0.1) is 0 Å². The number of pyridine rings is 1. The molecule has 2 rings (SSSR count). The summed E-state index contributed by atoms with van der Waals surface area (Å²) in [5.74, 6) is 0.0223. The van der Waals surface area contributed by atoms with E-state index in [1.54, 1.807) is 12.3 Å². The third-order valence-corrected chi connectivity index (χ3v) is 2.25. The fourth-order valence-electron chi connectivity index (χ4n) is 1.18. The lowest BCUT2D eigenvalue weighted by atomic mass is 10.3. The molecule has 0 radical (unpaired) electrons. The lowest BCUT2D eigenvalue weighted by Crippen LogP contribution is -1.90. The number of fused-ring (bicyclic) bond motifs is 1. The van der Waals surface area contributed by atoms with E-state index in [-0.39, 0.29) is 5.78 Å². The molecule has 4 heteroatoms. The average molecular weight is 239 g/mol. The quantitative estimate of drug-likeness (QED) is 0.777. The molecule has 2 heterocycles. The topological polar surface area (TPSA) is 45.8 Å². The molecule has 66 valence electrons. The van der Waals surface area contributed by atoms with Crippen LogP contribution >= 0.6 is 15.9 Å². The molecule has 3 nitrogen and oxygen atoms in total. The van der Waals surface area contributed by atoms with E-state index >= 15 is 0 Å². The molecule has 2 aromatic heterocycles. The number of halogens is 1. The lowest BCUT2D eigenvalue weighted by molar-refractivity contribution is 0.101. The average Bonchev–Trinajstić information content (AvgIpc) is 2.46. The fourth-order valence-corrected chi connectivity index (χ4v) is 1.53. The molecule has 13 heavy (non-hydrogen) atoms. The number of hydrogen-bond donors (Lipinski definition) is 1. The van der Waals surface area contributed by atoms with Gasteiger partial charge in [0.2, 0.25) is 0 Å². The van der Waals surface area contributed by atoms with Crippen LogP contribution in [0.5, 0.6) is 0 Å². The molecule has 0 fully saturated rings. The minimum absolute atomic E-state index is 0.0223. The van der Waals surface area contributed by atoms with Gasteiger partial charge in [0.15, 0.2) is 5.78 Å². The van der Waals surface area contributed by atoms with Crippen molar-refractivity contribution in [3.63, 3.8) is 0 Å². The van der Waals surface area contributed by atoms with Crippen molar-refractivity contribution < 1.29 is 4.79 Å². The van der Waals surface area contributed by atoms with Crippen LogP contribution in [0.3, 0.4) is 0 Å². The van der Waals surface area contributed by atoms with Gasteiger partial charge in [-0.2, -0.15) is 0 Å². The third kappa shape index (κ3) is 1.49. The first-order valence-electron chi connectivity index (χ1n) is 3.82. The summed E-state index contributed by atoms with van der Waals surface area (Å²) in [5, 5.41) is 0.944. The van der Waals surface area contributed by atoms with Gasteiger partial charge >= 0.3 is 0 Å². The number of aromatic amines is 1. The first-order chi connectivity index (χ1) is 6.16. The van der Waals surface area contributed by atoms with Gasteiger partial charge in [-0.1, -0.05) is 0 Å². The summed E-state index contributed by atoms with van der Waals surface area (Å²) in [6.07, 6.45) is 1.70. The van der Waals surface area contributed by atoms with Gasteiger partial charge in [0.25, 0.3) is 0 Å². The van der Waals surface area contributed by atoms with Gasteiger partial charge in [-0.3, -0.25) is 4.79 Å². The van der Waals surface area contributed by atoms with Gasteiger partial charge in [0.05, 0.1) is 5.69 Å². The molecular formula is C9H7BrN2O. The number of Topliss-reactive ketones (excluding diaryl/α,β-unsaturated/α-hetero) is 1. The zero-order valence-electron chi connectivity index (χ0n) is 6.97. The van der Waals surface area contributed by atoms with Crippen LogP contribution in [0, 0.1) is 0 Å². The molecule has 0 saturated heterocycles. The first-order valence-corrected chi connectivity index (χ1v) is 4.61. The zero-order valence-corrected chi connectivity index (χ0v) is 8.55. The highest BCUT2D eigenvalue weighted by Crippen LogP contribution is 2.17. The first kappa shape index (κ1) is 8.44. The molecule has 0 aliphatic rings. The Morgan fingerprint density at radius 1 is 1.54 bits per heavy atom. The van der Waals surface area contributed by atoms with E-state index in [1.807, 2.05) is 6.07 Å². The predicted molar refractivity (Wildman–Crippen MR) is 53.8 cm³/mol. The number of aromatic nitrogens is 2. The highest BCUT2D eigenvalue weighted by molar-refractivity contribution is 9.10. The van der Waals surface area contributed by atoms with E-state index in [0.717, 1.165) is 15.5 Å². The van der Waals surface area contributed by atoms with Crippen LogP contribution in [0.4, 0.5) is 0 Å². The Labute approximate surface area is 83.3 Å². The zero-order chi connectivity index (χ0) is 9.42. The SMILES string of the molecule is CC(=O)c1cc2cc(Br)cnc2[nH]1. The molecule has 0 amide bonds. The second kappa shape index (κ2) is 2.96. The Hall–Kier alpha value is -1.16. The van der Waals surface area contributed by atoms with Crippen LogP contribution in [0.1, 0.15) is 17.4 Å². The Balaban J connectivity index is 2.68. The summed E-state index contributed by atoms with van der Waals surface area (Å²) in [6.45, 7) is 1.53. The van der Waals surface area contributed by atoms with Gasteiger partial charge < -0.3 is 4.98 Å². The molecule has 0 spiro atoms. The van der Waals surface area contributed by atoms with Crippen LogP contribution in [0.15, 0.2) is 22.8 Å². The van der Waals surface area contributed by atoms with E-state index in [2.05, 4.69) is 25.9 Å². The lowest BCUT2D eigenvalue weighted by Gasteiger charge is -1.88. The maximum atomic E-state index is 11.0. The molecule has 0 saturated carbocycles. The second-order valence-electron chi connectivity index (χ2n) is 2.83. The van der Waals surface area contributed by atoms with Crippen LogP contribution in [-0.4, -0.2) is 15.8 Å². The van der Waals surface area contributed by atoms with E-state index in [9.17, 15) is 4.79 Å². The third-order valence-electron chi connectivity index (χ3n) is 1.82. The number of hydrogen-bond acceptors (Lipinski definition) is 2. The number of nitrogens with zero attached hydrogens (tertiary/aromatic N) is 1. The Morgan fingerprint density at radius 2 is 2.31 bits per heavy atom. The van der Waals surface area contributed by atoms with Gasteiger partial charge in [0, 0.05) is 23.0 Å². The highest BCUT2D eigenvalue weighted by atomic mass is 79.9. The van der Waals surface area contributed by atoms with Crippen molar-refractivity contribution in [1.29, 1.82) is 0 Å². The molecule has 0 aromatic carbocycles. The van der Waals surface area contributed by atoms with Crippen molar-refractivity contribution in [2.45, 2.75) is 6.92 Å². The number of carbonyl (C=O) groups excluding carboxylic acids is 1. The monoisotopic (exact) mass is 238 g/mol. The molecular weight excluding hydrogens is 232 g/mol. The standard InChI is InChI=1S/C9H7BrN2O/c1-5(13)8-3-6-2-7(10)4-11-9(6)12-8/h2-4H,1H3,(H,11,12). The van der Waals surface area contributed by atoms with E-state index in [4.69, 9.17) is 0 Å². The number of carbonyl (C=O) groups is 1. The largest absolute Gasteiger partial charge is 0.337 e. The van der Waals surface area contributed by atoms with Gasteiger partial charge in [-0.05, 0) is 28.1 Å². The molecule has 0 aliphatic carbocycles. The van der Waals surface area contributed by atoms with Crippen molar-refractivity contribution in [2.24, 2.45) is 0 Å². The molecule has 0 aliphatic heterocycles. The normalized spacial score (nSPS) is 10.6. The summed E-state index contributed by atoms with van der Waals surface area (Å²) in [6, 6.07) is 3.72. The summed E-state index contributed by atoms with van der Waals surface area (Å²) < 4.78 is 0.911. The van der Waals surface area contributed by atoms with Crippen LogP contribution in [0.25, 0.3) is 11.0 Å². The second-order valence-corrected chi connectivity index (χ2v) is 3.75. The summed E-state index contributed by atoms with van der Waals surface area (Å²) >= 11 is 3.32. The fraction of sp³-hybridized carbons (Fsp3) is 0.111. The molecule has 2 aromatic rings. The Kier molecular flexibility index (Phi) is 1.92. The predicted octanol–water partition coefficient (Wildman–Crippen LogP) is 2.53. The van der Waals surface area contributed by atoms with Gasteiger partial charge in [-0.25, -0.2) is 4.98 Å². The smallest absolute Gasteiger partial charge is 0.176 e. The summed E-state index contributed by atoms with van der Waals surface area (Å²) in [4.78, 5) is 18.1. The van der Waals surface area contributed by atoms with Crippen molar-refractivity contribution in [3.8, 4) is 0 Å². The molecule has 0 unspecified atom stereocenters. The maximum Gasteiger partial charge on any atom is 0.176 e.